The van der Waals surface area contributed by atoms with Crippen molar-refractivity contribution < 1.29 is 4.79 Å². The summed E-state index contributed by atoms with van der Waals surface area (Å²) in [5.41, 5.74) is 2.89. The van der Waals surface area contributed by atoms with Crippen LogP contribution >= 0.6 is 12.4 Å². The van der Waals surface area contributed by atoms with Gasteiger partial charge in [-0.15, -0.1) is 12.4 Å². The second-order valence-corrected chi connectivity index (χ2v) is 4.62. The maximum absolute atomic E-state index is 11.9. The van der Waals surface area contributed by atoms with Crippen molar-refractivity contribution in [3.8, 4) is 0 Å². The Bertz CT molecular complexity index is 414. The van der Waals surface area contributed by atoms with Crippen LogP contribution in [0.25, 0.3) is 0 Å². The van der Waals surface area contributed by atoms with Crippen LogP contribution in [0.5, 0.6) is 0 Å². The molecule has 0 saturated carbocycles. The Kier molecular flexibility index (Phi) is 3.69. The second kappa shape index (κ2) is 5.06. The number of aromatic nitrogens is 2. The van der Waals surface area contributed by atoms with E-state index in [1.54, 1.807) is 0 Å². The third kappa shape index (κ3) is 2.30. The lowest BCUT2D eigenvalue weighted by Gasteiger charge is -2.26. The van der Waals surface area contributed by atoms with Gasteiger partial charge in [-0.25, -0.2) is 0 Å². The number of carbonyl (C=O) groups is 1. The predicted molar refractivity (Wildman–Crippen MR) is 66.6 cm³/mol. The molecule has 3 N–H and O–H groups in total. The molecule has 1 aromatic heterocycles. The Balaban J connectivity index is 0.00000108. The van der Waals surface area contributed by atoms with Crippen molar-refractivity contribution in [3.63, 3.8) is 0 Å². The van der Waals surface area contributed by atoms with Crippen LogP contribution in [0.4, 0.5) is 0 Å². The summed E-state index contributed by atoms with van der Waals surface area (Å²) in [5, 5.41) is 13.2. The maximum Gasteiger partial charge on any atom is 0.272 e. The summed E-state index contributed by atoms with van der Waals surface area (Å²) >= 11 is 0. The number of hydrogen-bond donors (Lipinski definition) is 3. The van der Waals surface area contributed by atoms with Gasteiger partial charge in [-0.2, -0.15) is 5.10 Å². The Labute approximate surface area is 106 Å². The average Bonchev–Trinajstić information content (AvgIpc) is 2.74. The highest BCUT2D eigenvalue weighted by Crippen LogP contribution is 2.22. The van der Waals surface area contributed by atoms with Gasteiger partial charge in [-0.1, -0.05) is 0 Å². The number of nitrogens with zero attached hydrogens (tertiary/aromatic N) is 1. The molecule has 1 aromatic rings. The number of nitrogens with one attached hydrogen (secondary N) is 3. The van der Waals surface area contributed by atoms with Crippen molar-refractivity contribution in [2.45, 2.75) is 19.3 Å². The summed E-state index contributed by atoms with van der Waals surface area (Å²) in [6.07, 6.45) is 3.15. The van der Waals surface area contributed by atoms with Crippen LogP contribution in [0.15, 0.2) is 0 Å². The summed E-state index contributed by atoms with van der Waals surface area (Å²) in [5.74, 6) is 0.572. The first kappa shape index (κ1) is 12.4. The van der Waals surface area contributed by atoms with Crippen LogP contribution in [0.2, 0.25) is 0 Å². The van der Waals surface area contributed by atoms with Gasteiger partial charge in [0.15, 0.2) is 5.69 Å². The van der Waals surface area contributed by atoms with Crippen LogP contribution in [0.1, 0.15) is 28.2 Å². The van der Waals surface area contributed by atoms with Gasteiger partial charge >= 0.3 is 0 Å². The van der Waals surface area contributed by atoms with Gasteiger partial charge in [0, 0.05) is 36.8 Å². The van der Waals surface area contributed by atoms with E-state index < -0.39 is 0 Å². The molecule has 0 spiro atoms. The monoisotopic (exact) mass is 256 g/mol. The third-order valence-corrected chi connectivity index (χ3v) is 3.44. The fourth-order valence-corrected chi connectivity index (χ4v) is 2.32. The SMILES string of the molecule is Cl.O=C(NCC1CNC1)c1n[nH]c2c1CCC2. The molecule has 2 aliphatic rings. The molecule has 2 heterocycles. The smallest absolute Gasteiger partial charge is 0.272 e. The highest BCUT2D eigenvalue weighted by molar-refractivity contribution is 5.94. The van der Waals surface area contributed by atoms with Crippen LogP contribution in [0.3, 0.4) is 0 Å². The zero-order valence-corrected chi connectivity index (χ0v) is 10.4. The molecule has 1 fully saturated rings. The number of rotatable bonds is 3. The van der Waals surface area contributed by atoms with Crippen LogP contribution < -0.4 is 10.6 Å². The van der Waals surface area contributed by atoms with Crippen molar-refractivity contribution in [2.75, 3.05) is 19.6 Å². The molecule has 0 unspecified atom stereocenters. The van der Waals surface area contributed by atoms with Gasteiger partial charge in [0.25, 0.3) is 5.91 Å². The summed E-state index contributed by atoms with van der Waals surface area (Å²) in [6, 6.07) is 0. The highest BCUT2D eigenvalue weighted by atomic mass is 35.5. The Morgan fingerprint density at radius 2 is 2.24 bits per heavy atom. The molecule has 3 rings (SSSR count). The van der Waals surface area contributed by atoms with Gasteiger partial charge in [0.2, 0.25) is 0 Å². The molecule has 1 aliphatic heterocycles. The van der Waals surface area contributed by atoms with Gasteiger partial charge in [-0.3, -0.25) is 9.89 Å². The minimum absolute atomic E-state index is 0. The van der Waals surface area contributed by atoms with E-state index in [0.29, 0.717) is 11.6 Å². The van der Waals surface area contributed by atoms with Crippen molar-refractivity contribution in [1.82, 2.24) is 20.8 Å². The topological polar surface area (TPSA) is 69.8 Å². The molecule has 17 heavy (non-hydrogen) atoms. The Morgan fingerprint density at radius 3 is 2.94 bits per heavy atom. The first-order valence-electron chi connectivity index (χ1n) is 5.89. The lowest BCUT2D eigenvalue weighted by atomic mass is 10.0. The number of aryl methyl sites for hydroxylation is 1. The predicted octanol–water partition coefficient (Wildman–Crippen LogP) is 0.269. The van der Waals surface area contributed by atoms with Crippen molar-refractivity contribution in [2.24, 2.45) is 5.92 Å². The molecule has 0 radical (unpaired) electrons. The van der Waals surface area contributed by atoms with E-state index in [4.69, 9.17) is 0 Å². The Morgan fingerprint density at radius 1 is 1.41 bits per heavy atom. The van der Waals surface area contributed by atoms with Crippen LogP contribution in [-0.2, 0) is 12.8 Å². The number of H-pyrrole nitrogens is 1. The molecule has 5 nitrogen and oxygen atoms in total. The van der Waals surface area contributed by atoms with Crippen LogP contribution in [-0.4, -0.2) is 35.7 Å². The molecule has 1 aliphatic carbocycles. The van der Waals surface area contributed by atoms with Gasteiger partial charge in [0.1, 0.15) is 0 Å². The van der Waals surface area contributed by atoms with E-state index in [2.05, 4.69) is 20.8 Å². The zero-order chi connectivity index (χ0) is 11.0. The van der Waals surface area contributed by atoms with Gasteiger partial charge in [-0.05, 0) is 19.3 Å². The van der Waals surface area contributed by atoms with Crippen molar-refractivity contribution in [1.29, 1.82) is 0 Å². The summed E-state index contributed by atoms with van der Waals surface area (Å²) in [6.45, 7) is 2.78. The number of aromatic amines is 1. The van der Waals surface area contributed by atoms with Gasteiger partial charge in [0.05, 0.1) is 0 Å². The number of carbonyl (C=O) groups excluding carboxylic acids is 1. The summed E-state index contributed by atoms with van der Waals surface area (Å²) in [4.78, 5) is 11.9. The van der Waals surface area contributed by atoms with E-state index in [-0.39, 0.29) is 18.3 Å². The zero-order valence-electron chi connectivity index (χ0n) is 9.58. The quantitative estimate of drug-likeness (QED) is 0.727. The standard InChI is InChI=1S/C11H16N4O.ClH/c16-11(13-6-7-4-12-5-7)10-8-2-1-3-9(8)14-15-10;/h7,12H,1-6H2,(H,13,16)(H,14,15);1H. The molecule has 6 heteroatoms. The van der Waals surface area contributed by atoms with E-state index in [0.717, 1.165) is 50.2 Å². The molecule has 0 bridgehead atoms. The van der Waals surface area contributed by atoms with Crippen LogP contribution in [0, 0.1) is 5.92 Å². The molecular formula is C11H17ClN4O. The molecular weight excluding hydrogens is 240 g/mol. The summed E-state index contributed by atoms with van der Waals surface area (Å²) in [7, 11) is 0. The normalized spacial score (nSPS) is 18.1. The first-order chi connectivity index (χ1) is 7.84. The average molecular weight is 257 g/mol. The number of amides is 1. The van der Waals surface area contributed by atoms with E-state index in [1.165, 1.54) is 0 Å². The number of fused-ring (bicyclic) bond motifs is 1. The largest absolute Gasteiger partial charge is 0.350 e. The minimum Gasteiger partial charge on any atom is -0.350 e. The second-order valence-electron chi connectivity index (χ2n) is 4.62. The minimum atomic E-state index is -0.0219. The number of halogens is 1. The van der Waals surface area contributed by atoms with E-state index in [9.17, 15) is 4.79 Å². The number of hydrogen-bond acceptors (Lipinski definition) is 3. The highest BCUT2D eigenvalue weighted by Gasteiger charge is 2.24. The fourth-order valence-electron chi connectivity index (χ4n) is 2.32. The van der Waals surface area contributed by atoms with Crippen molar-refractivity contribution >= 4 is 18.3 Å². The maximum atomic E-state index is 11.9. The molecule has 94 valence electrons. The van der Waals surface area contributed by atoms with E-state index in [1.807, 2.05) is 0 Å². The first-order valence-corrected chi connectivity index (χ1v) is 5.89. The third-order valence-electron chi connectivity index (χ3n) is 3.44. The summed E-state index contributed by atoms with van der Waals surface area (Å²) < 4.78 is 0. The molecule has 0 aromatic carbocycles. The van der Waals surface area contributed by atoms with E-state index >= 15 is 0 Å². The molecule has 0 atom stereocenters. The fraction of sp³-hybridized carbons (Fsp3) is 0.636. The molecule has 1 saturated heterocycles. The lowest BCUT2D eigenvalue weighted by molar-refractivity contribution is 0.0936. The lowest BCUT2D eigenvalue weighted by Crippen LogP contribution is -2.48. The van der Waals surface area contributed by atoms with Crippen molar-refractivity contribution in [3.05, 3.63) is 17.0 Å². The Hall–Kier alpha value is -1.07. The molecule has 1 amide bonds. The van der Waals surface area contributed by atoms with Gasteiger partial charge < -0.3 is 10.6 Å².